The van der Waals surface area contributed by atoms with Gasteiger partial charge in [0, 0.05) is 35.9 Å². The molecule has 7 heteroatoms. The molecule has 1 aliphatic heterocycles. The predicted octanol–water partition coefficient (Wildman–Crippen LogP) is 3.80. The molecule has 0 spiro atoms. The summed E-state index contributed by atoms with van der Waals surface area (Å²) in [4.78, 5) is 10.5. The number of rotatable bonds is 2. The molecule has 0 N–H and O–H groups in total. The maximum Gasteiger partial charge on any atom is 0.224 e. The van der Waals surface area contributed by atoms with Crippen molar-refractivity contribution in [3.05, 3.63) is 58.4 Å². The monoisotopic (exact) mass is 344 g/mol. The molecule has 5 nitrogen and oxygen atoms in total. The molecule has 1 aromatic carbocycles. The van der Waals surface area contributed by atoms with Crippen LogP contribution in [-0.2, 0) is 13.0 Å². The Hall–Kier alpha value is -2.47. The van der Waals surface area contributed by atoms with E-state index in [-0.39, 0.29) is 11.1 Å². The minimum Gasteiger partial charge on any atom is -0.356 e. The Morgan fingerprint density at radius 2 is 2.00 bits per heavy atom. The summed E-state index contributed by atoms with van der Waals surface area (Å²) in [7, 11) is 0. The molecule has 0 radical (unpaired) electrons. The highest BCUT2D eigenvalue weighted by atomic mass is 35.5. The van der Waals surface area contributed by atoms with Crippen LogP contribution >= 0.6 is 11.6 Å². The van der Waals surface area contributed by atoms with Crippen LogP contribution in [0.15, 0.2) is 34.9 Å². The maximum absolute atomic E-state index is 13.1. The summed E-state index contributed by atoms with van der Waals surface area (Å²) in [5, 5.41) is 4.40. The number of aromatic nitrogens is 3. The summed E-state index contributed by atoms with van der Waals surface area (Å²) in [5.74, 6) is 1.18. The predicted molar refractivity (Wildman–Crippen MR) is 88.4 cm³/mol. The third kappa shape index (κ3) is 2.73. The second-order valence-electron chi connectivity index (χ2n) is 5.75. The van der Waals surface area contributed by atoms with Gasteiger partial charge < -0.3 is 9.42 Å². The van der Waals surface area contributed by atoms with Crippen molar-refractivity contribution >= 4 is 17.4 Å². The number of benzene rings is 1. The summed E-state index contributed by atoms with van der Waals surface area (Å²) in [6.07, 6.45) is 0.751. The lowest BCUT2D eigenvalue weighted by atomic mass is 10.0. The van der Waals surface area contributed by atoms with Crippen LogP contribution in [0.5, 0.6) is 0 Å². The standard InChI is InChI=1S/C17H14ClFN4O/c1-10-8-15(21-17(18)20-10)23-7-6-14-13(9-23)16(24-22-14)11-2-4-12(19)5-3-11/h2-5,8H,6-7,9H2,1H3. The van der Waals surface area contributed by atoms with E-state index in [1.807, 2.05) is 13.0 Å². The normalized spacial score (nSPS) is 13.9. The third-order valence-corrected chi connectivity index (χ3v) is 4.25. The fourth-order valence-corrected chi connectivity index (χ4v) is 3.13. The molecule has 2 aromatic heterocycles. The first-order valence-electron chi connectivity index (χ1n) is 7.59. The van der Waals surface area contributed by atoms with Crippen LogP contribution in [-0.4, -0.2) is 21.7 Å². The Bertz CT molecular complexity index is 874. The molecule has 1 aliphatic rings. The first-order chi connectivity index (χ1) is 11.6. The molecule has 122 valence electrons. The van der Waals surface area contributed by atoms with Gasteiger partial charge in [-0.3, -0.25) is 0 Å². The summed E-state index contributed by atoms with van der Waals surface area (Å²) in [5.41, 5.74) is 3.56. The van der Waals surface area contributed by atoms with E-state index in [4.69, 9.17) is 16.1 Å². The molecule has 0 saturated heterocycles. The number of nitrogens with zero attached hydrogens (tertiary/aromatic N) is 4. The van der Waals surface area contributed by atoms with Crippen LogP contribution in [0.4, 0.5) is 10.2 Å². The van der Waals surface area contributed by atoms with Gasteiger partial charge in [0.1, 0.15) is 11.6 Å². The van der Waals surface area contributed by atoms with Crippen LogP contribution in [0, 0.1) is 12.7 Å². The fourth-order valence-electron chi connectivity index (χ4n) is 2.91. The summed E-state index contributed by atoms with van der Waals surface area (Å²) >= 11 is 5.98. The molecule has 0 aliphatic carbocycles. The second kappa shape index (κ2) is 5.87. The van der Waals surface area contributed by atoms with Gasteiger partial charge in [-0.15, -0.1) is 0 Å². The molecule has 0 bridgehead atoms. The molecule has 0 atom stereocenters. The Balaban J connectivity index is 1.69. The Morgan fingerprint density at radius 1 is 1.21 bits per heavy atom. The van der Waals surface area contributed by atoms with Crippen molar-refractivity contribution in [2.24, 2.45) is 0 Å². The lowest BCUT2D eigenvalue weighted by Crippen LogP contribution is -2.31. The van der Waals surface area contributed by atoms with Crippen molar-refractivity contribution in [2.75, 3.05) is 11.4 Å². The highest BCUT2D eigenvalue weighted by Crippen LogP contribution is 2.32. The minimum absolute atomic E-state index is 0.236. The van der Waals surface area contributed by atoms with E-state index in [9.17, 15) is 4.39 Å². The van der Waals surface area contributed by atoms with Gasteiger partial charge in [-0.2, -0.15) is 0 Å². The molecule has 24 heavy (non-hydrogen) atoms. The first-order valence-corrected chi connectivity index (χ1v) is 7.97. The Labute approximate surface area is 143 Å². The van der Waals surface area contributed by atoms with Gasteiger partial charge >= 0.3 is 0 Å². The van der Waals surface area contributed by atoms with E-state index in [0.717, 1.165) is 41.3 Å². The number of hydrogen-bond donors (Lipinski definition) is 0. The van der Waals surface area contributed by atoms with Crippen molar-refractivity contribution in [1.29, 1.82) is 0 Å². The Kier molecular flexibility index (Phi) is 3.69. The quantitative estimate of drug-likeness (QED) is 0.662. The molecular formula is C17H14ClFN4O. The summed E-state index contributed by atoms with van der Waals surface area (Å²) in [6.45, 7) is 3.27. The smallest absolute Gasteiger partial charge is 0.224 e. The van der Waals surface area contributed by atoms with Crippen molar-refractivity contribution < 1.29 is 8.91 Å². The van der Waals surface area contributed by atoms with Gasteiger partial charge in [-0.25, -0.2) is 14.4 Å². The Morgan fingerprint density at radius 3 is 2.75 bits per heavy atom. The van der Waals surface area contributed by atoms with E-state index in [1.165, 1.54) is 12.1 Å². The average molecular weight is 345 g/mol. The number of hydrogen-bond acceptors (Lipinski definition) is 5. The first kappa shape index (κ1) is 15.1. The lowest BCUT2D eigenvalue weighted by Gasteiger charge is -2.27. The van der Waals surface area contributed by atoms with Gasteiger partial charge in [0.05, 0.1) is 12.2 Å². The van der Waals surface area contributed by atoms with Crippen molar-refractivity contribution in [3.8, 4) is 11.3 Å². The van der Waals surface area contributed by atoms with Crippen molar-refractivity contribution in [1.82, 2.24) is 15.1 Å². The zero-order valence-electron chi connectivity index (χ0n) is 13.0. The van der Waals surface area contributed by atoms with Crippen LogP contribution in [0.2, 0.25) is 5.28 Å². The largest absolute Gasteiger partial charge is 0.356 e. The summed E-state index contributed by atoms with van der Waals surface area (Å²) < 4.78 is 18.7. The highest BCUT2D eigenvalue weighted by Gasteiger charge is 2.26. The third-order valence-electron chi connectivity index (χ3n) is 4.08. The molecule has 0 amide bonds. The minimum atomic E-state index is -0.278. The van der Waals surface area contributed by atoms with E-state index in [2.05, 4.69) is 20.0 Å². The van der Waals surface area contributed by atoms with E-state index in [1.54, 1.807) is 12.1 Å². The van der Waals surface area contributed by atoms with Gasteiger partial charge in [-0.1, -0.05) is 5.16 Å². The van der Waals surface area contributed by atoms with Gasteiger partial charge in [0.25, 0.3) is 0 Å². The van der Waals surface area contributed by atoms with Gasteiger partial charge in [0.15, 0.2) is 5.76 Å². The van der Waals surface area contributed by atoms with Crippen molar-refractivity contribution in [2.45, 2.75) is 19.9 Å². The van der Waals surface area contributed by atoms with Crippen LogP contribution in [0.3, 0.4) is 0 Å². The molecule has 3 aromatic rings. The number of aryl methyl sites for hydroxylation is 1. The van der Waals surface area contributed by atoms with Gasteiger partial charge in [0.2, 0.25) is 5.28 Å². The van der Waals surface area contributed by atoms with E-state index < -0.39 is 0 Å². The van der Waals surface area contributed by atoms with Crippen molar-refractivity contribution in [3.63, 3.8) is 0 Å². The van der Waals surface area contributed by atoms with Crippen LogP contribution < -0.4 is 4.90 Å². The van der Waals surface area contributed by atoms with E-state index in [0.29, 0.717) is 12.3 Å². The number of anilines is 1. The van der Waals surface area contributed by atoms with Crippen LogP contribution in [0.1, 0.15) is 17.0 Å². The zero-order chi connectivity index (χ0) is 16.7. The molecular weight excluding hydrogens is 331 g/mol. The van der Waals surface area contributed by atoms with Crippen LogP contribution in [0.25, 0.3) is 11.3 Å². The molecule has 3 heterocycles. The lowest BCUT2D eigenvalue weighted by molar-refractivity contribution is 0.424. The highest BCUT2D eigenvalue weighted by molar-refractivity contribution is 6.28. The molecule has 0 unspecified atom stereocenters. The average Bonchev–Trinajstić information content (AvgIpc) is 2.98. The molecule has 0 saturated carbocycles. The summed E-state index contributed by atoms with van der Waals surface area (Å²) in [6, 6.07) is 8.13. The maximum atomic E-state index is 13.1. The molecule has 0 fully saturated rings. The fraction of sp³-hybridized carbons (Fsp3) is 0.235. The SMILES string of the molecule is Cc1cc(N2CCc3noc(-c4ccc(F)cc4)c3C2)nc(Cl)n1. The number of fused-ring (bicyclic) bond motifs is 1. The zero-order valence-corrected chi connectivity index (χ0v) is 13.7. The topological polar surface area (TPSA) is 55.1 Å². The number of halogens is 2. The second-order valence-corrected chi connectivity index (χ2v) is 6.09. The molecule has 4 rings (SSSR count). The van der Waals surface area contributed by atoms with E-state index >= 15 is 0 Å². The van der Waals surface area contributed by atoms with Gasteiger partial charge in [-0.05, 0) is 42.8 Å².